The van der Waals surface area contributed by atoms with E-state index in [0.29, 0.717) is 5.75 Å². The van der Waals surface area contributed by atoms with E-state index in [-0.39, 0.29) is 0 Å². The number of aromatic hydroxyl groups is 1. The van der Waals surface area contributed by atoms with Crippen LogP contribution in [0.25, 0.3) is 0 Å². The minimum Gasteiger partial charge on any atom is -0.508 e. The normalized spacial score (nSPS) is 10.9. The number of unbranched alkanes of at least 4 members (excludes halogenated alkanes) is 2. The molecule has 0 aliphatic rings. The topological polar surface area (TPSA) is 23.5 Å². The molecule has 0 heterocycles. The van der Waals surface area contributed by atoms with E-state index in [1.54, 1.807) is 6.07 Å². The predicted molar refractivity (Wildman–Crippen MR) is 64.0 cm³/mol. The van der Waals surface area contributed by atoms with Gasteiger partial charge >= 0.3 is 0 Å². The molecule has 84 valence electrons. The summed E-state index contributed by atoms with van der Waals surface area (Å²) >= 11 is 0. The van der Waals surface area contributed by atoms with E-state index in [9.17, 15) is 5.11 Å². The number of phenolic OH excluding ortho intramolecular Hbond substituents is 1. The summed E-state index contributed by atoms with van der Waals surface area (Å²) in [4.78, 5) is 2.30. The lowest BCUT2D eigenvalue weighted by molar-refractivity contribution is 0.317. The molecule has 0 bridgehead atoms. The molecule has 2 heteroatoms. The number of benzene rings is 1. The molecule has 0 unspecified atom stereocenters. The van der Waals surface area contributed by atoms with E-state index in [1.165, 1.54) is 24.8 Å². The van der Waals surface area contributed by atoms with Crippen molar-refractivity contribution in [3.05, 3.63) is 29.8 Å². The minimum atomic E-state index is 0.356. The molecule has 0 amide bonds. The standard InChI is InChI=1S/C13H21NO/c1-3-4-5-9-14(2)11-12-7-6-8-13(15)10-12/h6-8,10,15H,3-5,9,11H2,1-2H3. The zero-order valence-corrected chi connectivity index (χ0v) is 9.74. The Morgan fingerprint density at radius 1 is 1.27 bits per heavy atom. The average molecular weight is 207 g/mol. The first-order valence-electron chi connectivity index (χ1n) is 5.69. The van der Waals surface area contributed by atoms with Crippen molar-refractivity contribution < 1.29 is 5.11 Å². The Bertz CT molecular complexity index is 286. The zero-order chi connectivity index (χ0) is 11.1. The van der Waals surface area contributed by atoms with Crippen molar-refractivity contribution in [1.82, 2.24) is 4.90 Å². The lowest BCUT2D eigenvalue weighted by Gasteiger charge is -2.16. The lowest BCUT2D eigenvalue weighted by Crippen LogP contribution is -2.18. The first kappa shape index (κ1) is 12.1. The summed E-state index contributed by atoms with van der Waals surface area (Å²) in [5.41, 5.74) is 1.17. The molecule has 0 saturated heterocycles. The Balaban J connectivity index is 2.34. The largest absolute Gasteiger partial charge is 0.508 e. The molecule has 1 rings (SSSR count). The third-order valence-corrected chi connectivity index (χ3v) is 2.51. The summed E-state index contributed by atoms with van der Waals surface area (Å²) < 4.78 is 0. The van der Waals surface area contributed by atoms with Gasteiger partial charge in [0.2, 0.25) is 0 Å². The zero-order valence-electron chi connectivity index (χ0n) is 9.74. The van der Waals surface area contributed by atoms with Gasteiger partial charge in [0.05, 0.1) is 0 Å². The molecule has 0 fully saturated rings. The lowest BCUT2D eigenvalue weighted by atomic mass is 10.2. The molecule has 2 nitrogen and oxygen atoms in total. The van der Waals surface area contributed by atoms with E-state index >= 15 is 0 Å². The molecule has 0 aliphatic heterocycles. The highest BCUT2D eigenvalue weighted by Gasteiger charge is 2.00. The summed E-state index contributed by atoms with van der Waals surface area (Å²) in [6.45, 7) is 4.26. The first-order valence-corrected chi connectivity index (χ1v) is 5.69. The third kappa shape index (κ3) is 4.84. The van der Waals surface area contributed by atoms with Gasteiger partial charge in [-0.15, -0.1) is 0 Å². The monoisotopic (exact) mass is 207 g/mol. The van der Waals surface area contributed by atoms with Crippen LogP contribution in [0.5, 0.6) is 5.75 Å². The Hall–Kier alpha value is -1.02. The molecule has 1 N–H and O–H groups in total. The van der Waals surface area contributed by atoms with Crippen LogP contribution >= 0.6 is 0 Å². The fourth-order valence-corrected chi connectivity index (χ4v) is 1.68. The quantitative estimate of drug-likeness (QED) is 0.725. The molecule has 15 heavy (non-hydrogen) atoms. The summed E-state index contributed by atoms with van der Waals surface area (Å²) in [5.74, 6) is 0.356. The maximum Gasteiger partial charge on any atom is 0.115 e. The second-order valence-electron chi connectivity index (χ2n) is 4.11. The van der Waals surface area contributed by atoms with Crippen molar-refractivity contribution in [3.63, 3.8) is 0 Å². The van der Waals surface area contributed by atoms with Crippen LogP contribution in [-0.4, -0.2) is 23.6 Å². The Morgan fingerprint density at radius 2 is 2.07 bits per heavy atom. The van der Waals surface area contributed by atoms with Crippen molar-refractivity contribution in [1.29, 1.82) is 0 Å². The highest BCUT2D eigenvalue weighted by atomic mass is 16.3. The van der Waals surface area contributed by atoms with Crippen LogP contribution in [0.15, 0.2) is 24.3 Å². The smallest absolute Gasteiger partial charge is 0.115 e. The molecular formula is C13H21NO. The van der Waals surface area contributed by atoms with E-state index in [0.717, 1.165) is 13.1 Å². The highest BCUT2D eigenvalue weighted by molar-refractivity contribution is 5.26. The van der Waals surface area contributed by atoms with Gasteiger partial charge in [0.25, 0.3) is 0 Å². The molecule has 1 aromatic rings. The average Bonchev–Trinajstić information content (AvgIpc) is 2.18. The fraction of sp³-hybridized carbons (Fsp3) is 0.538. The Labute approximate surface area is 92.5 Å². The second-order valence-corrected chi connectivity index (χ2v) is 4.11. The number of hydrogen-bond donors (Lipinski definition) is 1. The van der Waals surface area contributed by atoms with Gasteiger partial charge in [-0.3, -0.25) is 0 Å². The van der Waals surface area contributed by atoms with Crippen molar-refractivity contribution >= 4 is 0 Å². The van der Waals surface area contributed by atoms with Crippen LogP contribution in [0.4, 0.5) is 0 Å². The molecule has 0 saturated carbocycles. The molecule has 1 aromatic carbocycles. The van der Waals surface area contributed by atoms with Crippen LogP contribution in [0.1, 0.15) is 31.7 Å². The highest BCUT2D eigenvalue weighted by Crippen LogP contribution is 2.12. The second kappa shape index (κ2) is 6.46. The molecule has 0 aliphatic carbocycles. The van der Waals surface area contributed by atoms with Gasteiger partial charge in [-0.2, -0.15) is 0 Å². The van der Waals surface area contributed by atoms with Gasteiger partial charge in [0, 0.05) is 6.54 Å². The number of phenols is 1. The number of hydrogen-bond acceptors (Lipinski definition) is 2. The Kier molecular flexibility index (Phi) is 5.19. The van der Waals surface area contributed by atoms with E-state index in [4.69, 9.17) is 0 Å². The van der Waals surface area contributed by atoms with Crippen molar-refractivity contribution in [2.45, 2.75) is 32.7 Å². The summed E-state index contributed by atoms with van der Waals surface area (Å²) in [6.07, 6.45) is 3.82. The maximum absolute atomic E-state index is 9.32. The van der Waals surface area contributed by atoms with Crippen LogP contribution < -0.4 is 0 Å². The fourth-order valence-electron chi connectivity index (χ4n) is 1.68. The van der Waals surface area contributed by atoms with Gasteiger partial charge < -0.3 is 10.0 Å². The van der Waals surface area contributed by atoms with Crippen molar-refractivity contribution in [2.24, 2.45) is 0 Å². The number of nitrogens with zero attached hydrogens (tertiary/aromatic N) is 1. The summed E-state index contributed by atoms with van der Waals surface area (Å²) in [5, 5.41) is 9.32. The SMILES string of the molecule is CCCCCN(C)Cc1cccc(O)c1. The van der Waals surface area contributed by atoms with Gasteiger partial charge in [-0.25, -0.2) is 0 Å². The van der Waals surface area contributed by atoms with Crippen molar-refractivity contribution in [2.75, 3.05) is 13.6 Å². The van der Waals surface area contributed by atoms with E-state index in [1.807, 2.05) is 12.1 Å². The van der Waals surface area contributed by atoms with Crippen LogP contribution in [0, 0.1) is 0 Å². The molecule has 0 radical (unpaired) electrons. The van der Waals surface area contributed by atoms with E-state index < -0.39 is 0 Å². The Morgan fingerprint density at radius 3 is 2.73 bits per heavy atom. The van der Waals surface area contributed by atoms with Crippen LogP contribution in [0.3, 0.4) is 0 Å². The van der Waals surface area contributed by atoms with Gasteiger partial charge in [0.1, 0.15) is 5.75 Å². The molecule has 0 spiro atoms. The molecular weight excluding hydrogens is 186 g/mol. The molecule has 0 aromatic heterocycles. The maximum atomic E-state index is 9.32. The first-order chi connectivity index (χ1) is 7.22. The third-order valence-electron chi connectivity index (χ3n) is 2.51. The van der Waals surface area contributed by atoms with Gasteiger partial charge in [-0.05, 0) is 37.7 Å². The van der Waals surface area contributed by atoms with Crippen LogP contribution in [0.2, 0.25) is 0 Å². The predicted octanol–water partition coefficient (Wildman–Crippen LogP) is 3.01. The van der Waals surface area contributed by atoms with E-state index in [2.05, 4.69) is 24.9 Å². The molecule has 0 atom stereocenters. The summed E-state index contributed by atoms with van der Waals surface area (Å²) in [6, 6.07) is 7.48. The minimum absolute atomic E-state index is 0.356. The van der Waals surface area contributed by atoms with Gasteiger partial charge in [-0.1, -0.05) is 31.9 Å². The number of rotatable bonds is 6. The van der Waals surface area contributed by atoms with Gasteiger partial charge in [0.15, 0.2) is 0 Å². The summed E-state index contributed by atoms with van der Waals surface area (Å²) in [7, 11) is 2.12. The van der Waals surface area contributed by atoms with Crippen molar-refractivity contribution in [3.8, 4) is 5.75 Å². The van der Waals surface area contributed by atoms with Crippen LogP contribution in [-0.2, 0) is 6.54 Å².